The molecule has 1 N–H and O–H groups in total. The fourth-order valence-electron chi connectivity index (χ4n) is 2.00. The van der Waals surface area contributed by atoms with Crippen LogP contribution in [0.2, 0.25) is 0 Å². The van der Waals surface area contributed by atoms with Gasteiger partial charge in [0.25, 0.3) is 0 Å². The number of nitrogens with one attached hydrogen (secondary N) is 1. The van der Waals surface area contributed by atoms with Crippen LogP contribution in [0.15, 0.2) is 11.2 Å². The van der Waals surface area contributed by atoms with Crippen LogP contribution in [-0.4, -0.2) is 26.7 Å². The number of thioether (sulfide) groups is 1. The molecule has 1 aliphatic rings. The van der Waals surface area contributed by atoms with E-state index < -0.39 is 0 Å². The summed E-state index contributed by atoms with van der Waals surface area (Å²) >= 11 is 1.83. The molecule has 0 amide bonds. The van der Waals surface area contributed by atoms with Crippen molar-refractivity contribution in [2.75, 3.05) is 5.75 Å². The van der Waals surface area contributed by atoms with Gasteiger partial charge in [0.2, 0.25) is 0 Å². The summed E-state index contributed by atoms with van der Waals surface area (Å²) in [7, 11) is 1.97. The molecule has 1 fully saturated rings. The first kappa shape index (κ1) is 13.5. The SMILES string of the molecule is Cc1c(CN=C2NC(C(C)C)CCS2)cnn1C. The summed E-state index contributed by atoms with van der Waals surface area (Å²) in [4.78, 5) is 4.68. The third kappa shape index (κ3) is 3.07. The Morgan fingerprint density at radius 1 is 1.61 bits per heavy atom. The van der Waals surface area contributed by atoms with E-state index in [0.29, 0.717) is 12.0 Å². The lowest BCUT2D eigenvalue weighted by Gasteiger charge is -2.28. The smallest absolute Gasteiger partial charge is 0.157 e. The molecule has 1 aromatic heterocycles. The third-order valence-electron chi connectivity index (χ3n) is 3.51. The van der Waals surface area contributed by atoms with Crippen molar-refractivity contribution in [1.29, 1.82) is 0 Å². The summed E-state index contributed by atoms with van der Waals surface area (Å²) in [6.45, 7) is 7.33. The predicted octanol–water partition coefficient (Wildman–Crippen LogP) is 2.34. The van der Waals surface area contributed by atoms with E-state index in [1.54, 1.807) is 0 Å². The minimum Gasteiger partial charge on any atom is -0.362 e. The molecule has 0 bridgehead atoms. The van der Waals surface area contributed by atoms with Gasteiger partial charge in [-0.25, -0.2) is 0 Å². The van der Waals surface area contributed by atoms with Gasteiger partial charge in [-0.3, -0.25) is 9.67 Å². The van der Waals surface area contributed by atoms with E-state index in [4.69, 9.17) is 0 Å². The highest BCUT2D eigenvalue weighted by molar-refractivity contribution is 8.13. The zero-order chi connectivity index (χ0) is 13.1. The highest BCUT2D eigenvalue weighted by Gasteiger charge is 2.20. The molecule has 0 spiro atoms. The first-order valence-corrected chi connectivity index (χ1v) is 7.47. The van der Waals surface area contributed by atoms with Crippen molar-refractivity contribution in [3.05, 3.63) is 17.5 Å². The number of hydrogen-bond acceptors (Lipinski definition) is 3. The molecular weight excluding hydrogens is 244 g/mol. The second-order valence-electron chi connectivity index (χ2n) is 5.13. The van der Waals surface area contributed by atoms with Crippen LogP contribution >= 0.6 is 11.8 Å². The number of aromatic nitrogens is 2. The highest BCUT2D eigenvalue weighted by Crippen LogP contribution is 2.19. The Balaban J connectivity index is 1.99. The highest BCUT2D eigenvalue weighted by atomic mass is 32.2. The number of hydrogen-bond donors (Lipinski definition) is 1. The summed E-state index contributed by atoms with van der Waals surface area (Å²) in [6.07, 6.45) is 3.14. The van der Waals surface area contributed by atoms with E-state index in [1.165, 1.54) is 23.4 Å². The fraction of sp³-hybridized carbons (Fsp3) is 0.692. The average molecular weight is 266 g/mol. The second-order valence-corrected chi connectivity index (χ2v) is 6.22. The fourth-order valence-corrected chi connectivity index (χ4v) is 2.96. The summed E-state index contributed by atoms with van der Waals surface area (Å²) in [5.41, 5.74) is 2.40. The Labute approximate surface area is 113 Å². The molecule has 100 valence electrons. The Morgan fingerprint density at radius 3 is 3.00 bits per heavy atom. The van der Waals surface area contributed by atoms with E-state index in [2.05, 4.69) is 36.2 Å². The number of aliphatic imine (C=N–C) groups is 1. The number of amidine groups is 1. The van der Waals surface area contributed by atoms with E-state index in [1.807, 2.05) is 29.7 Å². The summed E-state index contributed by atoms with van der Waals surface area (Å²) in [5, 5.41) is 8.86. The number of rotatable bonds is 3. The first-order valence-electron chi connectivity index (χ1n) is 6.49. The van der Waals surface area contributed by atoms with E-state index in [0.717, 1.165) is 11.7 Å². The van der Waals surface area contributed by atoms with Gasteiger partial charge in [-0.1, -0.05) is 25.6 Å². The van der Waals surface area contributed by atoms with Gasteiger partial charge in [-0.2, -0.15) is 5.10 Å². The Bertz CT molecular complexity index is 436. The van der Waals surface area contributed by atoms with E-state index in [9.17, 15) is 0 Å². The van der Waals surface area contributed by atoms with Crippen LogP contribution in [-0.2, 0) is 13.6 Å². The maximum absolute atomic E-state index is 4.68. The molecule has 5 heteroatoms. The van der Waals surface area contributed by atoms with Gasteiger partial charge in [0.1, 0.15) is 0 Å². The number of aryl methyl sites for hydroxylation is 1. The molecule has 2 heterocycles. The van der Waals surface area contributed by atoms with Gasteiger partial charge in [0.05, 0.1) is 12.7 Å². The summed E-state index contributed by atoms with van der Waals surface area (Å²) < 4.78 is 1.90. The summed E-state index contributed by atoms with van der Waals surface area (Å²) in [6, 6.07) is 0.569. The zero-order valence-corrected chi connectivity index (χ0v) is 12.4. The number of nitrogens with zero attached hydrogens (tertiary/aromatic N) is 3. The lowest BCUT2D eigenvalue weighted by molar-refractivity contribution is 0.442. The van der Waals surface area contributed by atoms with Gasteiger partial charge in [0, 0.05) is 30.1 Å². The monoisotopic (exact) mass is 266 g/mol. The second kappa shape index (κ2) is 5.78. The van der Waals surface area contributed by atoms with Crippen LogP contribution < -0.4 is 5.32 Å². The van der Waals surface area contributed by atoms with Crippen LogP contribution in [0.4, 0.5) is 0 Å². The molecule has 1 aliphatic heterocycles. The van der Waals surface area contributed by atoms with E-state index in [-0.39, 0.29) is 0 Å². The molecule has 1 saturated heterocycles. The van der Waals surface area contributed by atoms with Crippen LogP contribution in [0.1, 0.15) is 31.5 Å². The Morgan fingerprint density at radius 2 is 2.39 bits per heavy atom. The Hall–Kier alpha value is -0.970. The van der Waals surface area contributed by atoms with E-state index >= 15 is 0 Å². The standard InChI is InChI=1S/C13H22N4S/c1-9(2)12-5-6-18-13(16-12)14-7-11-8-15-17(4)10(11)3/h8-9,12H,5-7H2,1-4H3,(H,14,16). The molecule has 18 heavy (non-hydrogen) atoms. The molecule has 0 aliphatic carbocycles. The molecule has 0 radical (unpaired) electrons. The largest absolute Gasteiger partial charge is 0.362 e. The van der Waals surface area contributed by atoms with Crippen LogP contribution in [0.3, 0.4) is 0 Å². The third-order valence-corrected chi connectivity index (χ3v) is 4.47. The van der Waals surface area contributed by atoms with Crippen molar-refractivity contribution in [3.8, 4) is 0 Å². The van der Waals surface area contributed by atoms with Gasteiger partial charge in [-0.05, 0) is 19.3 Å². The molecular formula is C13H22N4S. The lowest BCUT2D eigenvalue weighted by atomic mass is 10.0. The molecule has 0 aromatic carbocycles. The van der Waals surface area contributed by atoms with Gasteiger partial charge < -0.3 is 5.32 Å². The quantitative estimate of drug-likeness (QED) is 0.913. The first-order chi connectivity index (χ1) is 8.58. The normalized spacial score (nSPS) is 22.5. The molecule has 0 saturated carbocycles. The average Bonchev–Trinajstić information content (AvgIpc) is 2.68. The Kier molecular flexibility index (Phi) is 4.32. The maximum atomic E-state index is 4.68. The van der Waals surface area contributed by atoms with Crippen LogP contribution in [0.25, 0.3) is 0 Å². The molecule has 4 nitrogen and oxygen atoms in total. The van der Waals surface area contributed by atoms with Crippen molar-refractivity contribution in [2.24, 2.45) is 18.0 Å². The maximum Gasteiger partial charge on any atom is 0.157 e. The lowest BCUT2D eigenvalue weighted by Crippen LogP contribution is -2.41. The minimum absolute atomic E-state index is 0.569. The predicted molar refractivity (Wildman–Crippen MR) is 77.9 cm³/mol. The molecule has 1 aromatic rings. The van der Waals surface area contributed by atoms with Gasteiger partial charge in [0.15, 0.2) is 5.17 Å². The van der Waals surface area contributed by atoms with Crippen molar-refractivity contribution >= 4 is 16.9 Å². The summed E-state index contributed by atoms with van der Waals surface area (Å²) in [5.74, 6) is 1.83. The molecule has 1 unspecified atom stereocenters. The van der Waals surface area contributed by atoms with Gasteiger partial charge >= 0.3 is 0 Å². The van der Waals surface area contributed by atoms with Crippen molar-refractivity contribution in [2.45, 2.75) is 39.8 Å². The zero-order valence-electron chi connectivity index (χ0n) is 11.6. The van der Waals surface area contributed by atoms with Crippen molar-refractivity contribution in [1.82, 2.24) is 15.1 Å². The van der Waals surface area contributed by atoms with Crippen LogP contribution in [0.5, 0.6) is 0 Å². The topological polar surface area (TPSA) is 42.2 Å². The molecule has 1 atom stereocenters. The van der Waals surface area contributed by atoms with Crippen LogP contribution in [0, 0.1) is 12.8 Å². The van der Waals surface area contributed by atoms with Crippen molar-refractivity contribution in [3.63, 3.8) is 0 Å². The molecule has 2 rings (SSSR count). The van der Waals surface area contributed by atoms with Crippen molar-refractivity contribution < 1.29 is 0 Å². The minimum atomic E-state index is 0.569. The van der Waals surface area contributed by atoms with Gasteiger partial charge in [-0.15, -0.1) is 0 Å².